The van der Waals surface area contributed by atoms with Gasteiger partial charge in [-0.1, -0.05) is 29.8 Å². The van der Waals surface area contributed by atoms with Crippen LogP contribution >= 0.6 is 0 Å². The summed E-state index contributed by atoms with van der Waals surface area (Å²) in [6.45, 7) is 7.15. The Hall–Kier alpha value is -2.51. The van der Waals surface area contributed by atoms with Gasteiger partial charge in [0.2, 0.25) is 10.0 Å². The van der Waals surface area contributed by atoms with Gasteiger partial charge >= 0.3 is 0 Å². The third-order valence-electron chi connectivity index (χ3n) is 5.62. The summed E-state index contributed by atoms with van der Waals surface area (Å²) in [6.07, 6.45) is 2.97. The number of carbonyl (C=O) groups is 1. The van der Waals surface area contributed by atoms with Gasteiger partial charge in [0.05, 0.1) is 23.3 Å². The molecule has 0 aliphatic carbocycles. The molecule has 1 unspecified atom stereocenters. The lowest BCUT2D eigenvalue weighted by atomic mass is 9.95. The number of carbonyl (C=O) groups excluding carboxylic acids is 1. The first-order valence-electron chi connectivity index (χ1n) is 11.1. The average molecular weight is 457 g/mol. The zero-order valence-corrected chi connectivity index (χ0v) is 19.8. The second kappa shape index (κ2) is 10.9. The number of hydrogen-bond donors (Lipinski definition) is 0. The number of nitrogens with zero attached hydrogens (tertiary/aromatic N) is 2. The van der Waals surface area contributed by atoms with Gasteiger partial charge in [-0.25, -0.2) is 8.42 Å². The second-order valence-electron chi connectivity index (χ2n) is 8.51. The Bertz CT molecular complexity index is 1030. The Morgan fingerprint density at radius 3 is 2.41 bits per heavy atom. The molecular weight excluding hydrogens is 424 g/mol. The lowest BCUT2D eigenvalue weighted by molar-refractivity contribution is -0.103. The van der Waals surface area contributed by atoms with E-state index < -0.39 is 10.0 Å². The fourth-order valence-electron chi connectivity index (χ4n) is 3.86. The van der Waals surface area contributed by atoms with E-state index in [9.17, 15) is 13.2 Å². The standard InChI is InChI=1S/C25H32N2O4S/c1-19(2)31-23-10-8-21(9-11-23)17-26-25(18-28)22-5-4-15-27(16-14-22)32(29,30)24-12-6-20(3)7-13-24/h6-13,18-19,22H,4-5,14-17H2,1-3H3. The van der Waals surface area contributed by atoms with E-state index in [1.165, 1.54) is 4.31 Å². The molecule has 0 N–H and O–H groups in total. The molecule has 1 aliphatic heterocycles. The summed E-state index contributed by atoms with van der Waals surface area (Å²) in [4.78, 5) is 16.6. The maximum Gasteiger partial charge on any atom is 0.243 e. The van der Waals surface area contributed by atoms with Crippen molar-refractivity contribution in [2.24, 2.45) is 10.9 Å². The fraction of sp³-hybridized carbons (Fsp3) is 0.440. The number of aryl methyl sites for hydroxylation is 1. The van der Waals surface area contributed by atoms with Gasteiger partial charge in [0.1, 0.15) is 5.75 Å². The third kappa shape index (κ3) is 6.26. The molecule has 1 aliphatic rings. The highest BCUT2D eigenvalue weighted by atomic mass is 32.2. The molecule has 0 radical (unpaired) electrons. The smallest absolute Gasteiger partial charge is 0.243 e. The highest BCUT2D eigenvalue weighted by Gasteiger charge is 2.29. The van der Waals surface area contributed by atoms with Crippen LogP contribution in [0.1, 0.15) is 44.2 Å². The molecule has 7 heteroatoms. The zero-order chi connectivity index (χ0) is 23.1. The van der Waals surface area contributed by atoms with E-state index in [1.807, 2.05) is 57.2 Å². The maximum absolute atomic E-state index is 13.0. The lowest BCUT2D eigenvalue weighted by Crippen LogP contribution is -2.32. The van der Waals surface area contributed by atoms with Crippen molar-refractivity contribution in [3.05, 3.63) is 59.7 Å². The minimum Gasteiger partial charge on any atom is -0.491 e. The van der Waals surface area contributed by atoms with Crippen molar-refractivity contribution in [2.75, 3.05) is 13.1 Å². The van der Waals surface area contributed by atoms with Gasteiger partial charge < -0.3 is 4.74 Å². The van der Waals surface area contributed by atoms with Gasteiger partial charge in [0.15, 0.2) is 6.29 Å². The molecule has 32 heavy (non-hydrogen) atoms. The number of aliphatic imine (C=N–C) groups is 1. The molecule has 2 aromatic rings. The highest BCUT2D eigenvalue weighted by molar-refractivity contribution is 7.89. The normalized spacial score (nSPS) is 18.4. The third-order valence-corrected chi connectivity index (χ3v) is 7.54. The first-order chi connectivity index (χ1) is 15.3. The van der Waals surface area contributed by atoms with E-state index in [4.69, 9.17) is 4.74 Å². The SMILES string of the molecule is Cc1ccc(S(=O)(=O)N2CCCC(C(C=O)=NCc3ccc(OC(C)C)cc3)CC2)cc1. The van der Waals surface area contributed by atoms with Gasteiger partial charge in [0, 0.05) is 19.0 Å². The van der Waals surface area contributed by atoms with Gasteiger partial charge in [-0.15, -0.1) is 0 Å². The maximum atomic E-state index is 13.0. The molecule has 0 bridgehead atoms. The van der Waals surface area contributed by atoms with Crippen LogP contribution in [0.4, 0.5) is 0 Å². The van der Waals surface area contributed by atoms with Crippen molar-refractivity contribution in [1.29, 1.82) is 0 Å². The monoisotopic (exact) mass is 456 g/mol. The first-order valence-corrected chi connectivity index (χ1v) is 12.6. The Morgan fingerprint density at radius 2 is 1.78 bits per heavy atom. The lowest BCUT2D eigenvalue weighted by Gasteiger charge is -2.20. The van der Waals surface area contributed by atoms with Crippen LogP contribution in [-0.4, -0.2) is 43.9 Å². The molecule has 0 spiro atoms. The highest BCUT2D eigenvalue weighted by Crippen LogP contribution is 2.24. The number of ether oxygens (including phenoxy) is 1. The Kier molecular flexibility index (Phi) is 8.21. The van der Waals surface area contributed by atoms with Crippen LogP contribution in [-0.2, 0) is 21.4 Å². The number of sulfonamides is 1. The van der Waals surface area contributed by atoms with Crippen molar-refractivity contribution >= 4 is 22.0 Å². The van der Waals surface area contributed by atoms with Crippen LogP contribution in [0.25, 0.3) is 0 Å². The average Bonchev–Trinajstić information content (AvgIpc) is 3.02. The summed E-state index contributed by atoms with van der Waals surface area (Å²) in [5.74, 6) is 0.774. The predicted molar refractivity (Wildman–Crippen MR) is 127 cm³/mol. The Labute approximate surface area is 191 Å². The van der Waals surface area contributed by atoms with Crippen molar-refractivity contribution in [1.82, 2.24) is 4.31 Å². The Morgan fingerprint density at radius 1 is 1.09 bits per heavy atom. The number of benzene rings is 2. The molecule has 3 rings (SSSR count). The van der Waals surface area contributed by atoms with Crippen LogP contribution in [0, 0.1) is 12.8 Å². The summed E-state index contributed by atoms with van der Waals surface area (Å²) in [5, 5.41) is 0. The molecule has 0 amide bonds. The Balaban J connectivity index is 1.65. The number of aldehydes is 1. The van der Waals surface area contributed by atoms with Crippen molar-refractivity contribution in [2.45, 2.75) is 57.6 Å². The van der Waals surface area contributed by atoms with Crippen LogP contribution < -0.4 is 4.74 Å². The minimum atomic E-state index is -3.53. The predicted octanol–water partition coefficient (Wildman–Crippen LogP) is 4.41. The zero-order valence-electron chi connectivity index (χ0n) is 19.0. The molecule has 1 saturated heterocycles. The van der Waals surface area contributed by atoms with Gasteiger partial charge in [-0.05, 0) is 69.9 Å². The van der Waals surface area contributed by atoms with Crippen LogP contribution in [0.5, 0.6) is 5.75 Å². The van der Waals surface area contributed by atoms with Gasteiger partial charge in [-0.2, -0.15) is 4.31 Å². The van der Waals surface area contributed by atoms with Crippen molar-refractivity contribution in [3.8, 4) is 5.75 Å². The van der Waals surface area contributed by atoms with E-state index in [2.05, 4.69) is 4.99 Å². The van der Waals surface area contributed by atoms with Crippen molar-refractivity contribution < 1.29 is 17.9 Å². The van der Waals surface area contributed by atoms with Crippen LogP contribution in [0.15, 0.2) is 58.4 Å². The summed E-state index contributed by atoms with van der Waals surface area (Å²) in [5.41, 5.74) is 2.54. The molecule has 1 atom stereocenters. The summed E-state index contributed by atoms with van der Waals surface area (Å²) < 4.78 is 33.2. The van der Waals surface area contributed by atoms with E-state index in [0.717, 1.165) is 29.6 Å². The van der Waals surface area contributed by atoms with E-state index in [1.54, 1.807) is 12.1 Å². The number of rotatable bonds is 8. The summed E-state index contributed by atoms with van der Waals surface area (Å²) in [6, 6.07) is 14.7. The molecule has 6 nitrogen and oxygen atoms in total. The van der Waals surface area contributed by atoms with E-state index in [-0.39, 0.29) is 12.0 Å². The molecule has 0 aromatic heterocycles. The molecule has 1 fully saturated rings. The quantitative estimate of drug-likeness (QED) is 0.435. The van der Waals surface area contributed by atoms with Gasteiger partial charge in [0.25, 0.3) is 0 Å². The van der Waals surface area contributed by atoms with Crippen molar-refractivity contribution in [3.63, 3.8) is 0 Å². The fourth-order valence-corrected chi connectivity index (χ4v) is 5.35. The number of hydrogen-bond acceptors (Lipinski definition) is 5. The van der Waals surface area contributed by atoms with Gasteiger partial charge in [-0.3, -0.25) is 9.79 Å². The molecule has 172 valence electrons. The molecular formula is C25H32N2O4S. The largest absolute Gasteiger partial charge is 0.491 e. The first kappa shape index (κ1) is 24.1. The minimum absolute atomic E-state index is 0.0331. The van der Waals surface area contributed by atoms with E-state index >= 15 is 0 Å². The van der Waals surface area contributed by atoms with Crippen LogP contribution in [0.3, 0.4) is 0 Å². The summed E-state index contributed by atoms with van der Waals surface area (Å²) in [7, 11) is -3.53. The van der Waals surface area contributed by atoms with Crippen LogP contribution in [0.2, 0.25) is 0 Å². The van der Waals surface area contributed by atoms with E-state index in [0.29, 0.717) is 43.1 Å². The summed E-state index contributed by atoms with van der Waals surface area (Å²) >= 11 is 0. The molecule has 0 saturated carbocycles. The topological polar surface area (TPSA) is 76.0 Å². The molecule has 1 heterocycles. The second-order valence-corrected chi connectivity index (χ2v) is 10.5. The molecule has 2 aromatic carbocycles.